The van der Waals surface area contributed by atoms with Gasteiger partial charge in [-0.3, -0.25) is 0 Å². The second-order valence-corrected chi connectivity index (χ2v) is 4.14. The third-order valence-electron chi connectivity index (χ3n) is 2.45. The Morgan fingerprint density at radius 1 is 1.17 bits per heavy atom. The highest BCUT2D eigenvalue weighted by molar-refractivity contribution is 4.68. The van der Waals surface area contributed by atoms with Crippen molar-refractivity contribution in [2.24, 2.45) is 5.92 Å². The van der Waals surface area contributed by atoms with Crippen LogP contribution in [0, 0.1) is 5.92 Å². The Morgan fingerprint density at radius 2 is 1.67 bits per heavy atom. The molecule has 0 aromatic carbocycles. The molecule has 12 heavy (non-hydrogen) atoms. The maximum absolute atomic E-state index is 9.31. The van der Waals surface area contributed by atoms with Gasteiger partial charge in [0.1, 0.15) is 0 Å². The molecule has 0 saturated heterocycles. The fourth-order valence-electron chi connectivity index (χ4n) is 1.03. The van der Waals surface area contributed by atoms with Crippen molar-refractivity contribution in [3.05, 3.63) is 0 Å². The van der Waals surface area contributed by atoms with Gasteiger partial charge in [0.05, 0.1) is 6.10 Å². The van der Waals surface area contributed by atoms with E-state index in [-0.39, 0.29) is 12.1 Å². The van der Waals surface area contributed by atoms with Crippen LogP contribution in [-0.2, 0) is 0 Å². The third-order valence-corrected chi connectivity index (χ3v) is 2.45. The number of likely N-dealkylation sites (N-methyl/N-ethyl adjacent to an activating group) is 1. The van der Waals surface area contributed by atoms with Gasteiger partial charge in [-0.15, -0.1) is 0 Å². The molecule has 74 valence electrons. The normalized spacial score (nSPS) is 17.0. The van der Waals surface area contributed by atoms with E-state index in [1.165, 1.54) is 6.42 Å². The smallest absolute Gasteiger partial charge is 0.0664 e. The summed E-state index contributed by atoms with van der Waals surface area (Å²) in [6.07, 6.45) is 0.968. The van der Waals surface area contributed by atoms with Crippen LogP contribution in [0.4, 0.5) is 0 Å². The fraction of sp³-hybridized carbons (Fsp3) is 1.00. The summed E-state index contributed by atoms with van der Waals surface area (Å²) in [5.74, 6) is 0.744. The molecule has 1 N–H and O–H groups in total. The minimum Gasteiger partial charge on any atom is -0.392 e. The van der Waals surface area contributed by atoms with E-state index in [9.17, 15) is 5.11 Å². The van der Waals surface area contributed by atoms with E-state index >= 15 is 0 Å². The standard InChI is InChI=1S/C10H23NO/c1-8(2)6-7-11(5)9(3)10(4)12/h8-10,12H,6-7H2,1-5H3. The van der Waals surface area contributed by atoms with Crippen LogP contribution in [0.1, 0.15) is 34.1 Å². The predicted molar refractivity (Wildman–Crippen MR) is 53.2 cm³/mol. The summed E-state index contributed by atoms with van der Waals surface area (Å²) in [6, 6.07) is 0.267. The molecule has 0 aliphatic rings. The molecule has 0 saturated carbocycles. The average molecular weight is 173 g/mol. The fourth-order valence-corrected chi connectivity index (χ4v) is 1.03. The highest BCUT2D eigenvalue weighted by Crippen LogP contribution is 2.05. The van der Waals surface area contributed by atoms with E-state index in [0.29, 0.717) is 0 Å². The van der Waals surface area contributed by atoms with E-state index in [4.69, 9.17) is 0 Å². The molecule has 0 aromatic rings. The van der Waals surface area contributed by atoms with Crippen molar-refractivity contribution >= 4 is 0 Å². The Hall–Kier alpha value is -0.0800. The van der Waals surface area contributed by atoms with Crippen molar-refractivity contribution < 1.29 is 5.11 Å². The predicted octanol–water partition coefficient (Wildman–Crippen LogP) is 1.73. The maximum Gasteiger partial charge on any atom is 0.0664 e. The SMILES string of the molecule is CC(C)CCN(C)C(C)C(C)O. The van der Waals surface area contributed by atoms with Crippen LogP contribution in [0.15, 0.2) is 0 Å². The molecule has 2 atom stereocenters. The summed E-state index contributed by atoms with van der Waals surface area (Å²) < 4.78 is 0. The molecule has 0 bridgehead atoms. The average Bonchev–Trinajstić information content (AvgIpc) is 1.98. The lowest BCUT2D eigenvalue weighted by atomic mass is 10.1. The molecule has 0 aromatic heterocycles. The summed E-state index contributed by atoms with van der Waals surface area (Å²) in [5.41, 5.74) is 0. The number of hydrogen-bond acceptors (Lipinski definition) is 2. The van der Waals surface area contributed by atoms with Gasteiger partial charge in [-0.1, -0.05) is 13.8 Å². The zero-order valence-electron chi connectivity index (χ0n) is 9.04. The van der Waals surface area contributed by atoms with Crippen molar-refractivity contribution in [2.45, 2.75) is 46.3 Å². The Kier molecular flexibility index (Phi) is 5.51. The lowest BCUT2D eigenvalue weighted by Gasteiger charge is -2.27. The largest absolute Gasteiger partial charge is 0.392 e. The van der Waals surface area contributed by atoms with Gasteiger partial charge in [-0.25, -0.2) is 0 Å². The van der Waals surface area contributed by atoms with Gasteiger partial charge >= 0.3 is 0 Å². The van der Waals surface area contributed by atoms with Crippen LogP contribution in [-0.4, -0.2) is 35.7 Å². The second kappa shape index (κ2) is 5.55. The third kappa shape index (κ3) is 4.73. The lowest BCUT2D eigenvalue weighted by molar-refractivity contribution is 0.0841. The zero-order valence-corrected chi connectivity index (χ0v) is 9.04. The highest BCUT2D eigenvalue weighted by Gasteiger charge is 2.13. The van der Waals surface area contributed by atoms with Gasteiger partial charge in [-0.2, -0.15) is 0 Å². The molecule has 2 unspecified atom stereocenters. The van der Waals surface area contributed by atoms with Crippen LogP contribution in [0.25, 0.3) is 0 Å². The molecular formula is C10H23NO. The van der Waals surface area contributed by atoms with Gasteiger partial charge in [0.2, 0.25) is 0 Å². The van der Waals surface area contributed by atoms with Crippen molar-refractivity contribution in [1.82, 2.24) is 4.90 Å². The number of hydrogen-bond donors (Lipinski definition) is 1. The lowest BCUT2D eigenvalue weighted by Crippen LogP contribution is -2.38. The first kappa shape index (κ1) is 11.9. The summed E-state index contributed by atoms with van der Waals surface area (Å²) in [7, 11) is 2.07. The van der Waals surface area contributed by atoms with Crippen LogP contribution in [0.5, 0.6) is 0 Å². The minimum atomic E-state index is -0.234. The molecule has 0 aliphatic heterocycles. The van der Waals surface area contributed by atoms with Crippen LogP contribution in [0.2, 0.25) is 0 Å². The molecule has 2 heteroatoms. The van der Waals surface area contributed by atoms with Gasteiger partial charge in [0.25, 0.3) is 0 Å². The molecule has 0 spiro atoms. The summed E-state index contributed by atoms with van der Waals surface area (Å²) in [5, 5.41) is 9.31. The molecule has 0 amide bonds. The molecule has 0 fully saturated rings. The van der Waals surface area contributed by atoms with Crippen LogP contribution in [0.3, 0.4) is 0 Å². The number of rotatable bonds is 5. The van der Waals surface area contributed by atoms with Gasteiger partial charge in [0, 0.05) is 6.04 Å². The molecule has 0 aliphatic carbocycles. The van der Waals surface area contributed by atoms with Gasteiger partial charge in [0.15, 0.2) is 0 Å². The van der Waals surface area contributed by atoms with E-state index in [1.807, 2.05) is 6.92 Å². The van der Waals surface area contributed by atoms with Crippen molar-refractivity contribution in [3.63, 3.8) is 0 Å². The summed E-state index contributed by atoms with van der Waals surface area (Å²) >= 11 is 0. The first-order valence-electron chi connectivity index (χ1n) is 4.83. The van der Waals surface area contributed by atoms with Crippen LogP contribution < -0.4 is 0 Å². The quantitative estimate of drug-likeness (QED) is 0.684. The number of nitrogens with zero attached hydrogens (tertiary/aromatic N) is 1. The van der Waals surface area contributed by atoms with E-state index in [1.54, 1.807) is 0 Å². The molecule has 0 rings (SSSR count). The topological polar surface area (TPSA) is 23.5 Å². The number of aliphatic hydroxyl groups is 1. The molecule has 0 radical (unpaired) electrons. The van der Waals surface area contributed by atoms with Gasteiger partial charge in [-0.05, 0) is 39.8 Å². The first-order chi connectivity index (χ1) is 5.45. The summed E-state index contributed by atoms with van der Waals surface area (Å²) in [4.78, 5) is 2.21. The van der Waals surface area contributed by atoms with E-state index in [0.717, 1.165) is 12.5 Å². The Labute approximate surface area is 76.6 Å². The Balaban J connectivity index is 3.64. The van der Waals surface area contributed by atoms with Crippen LogP contribution >= 0.6 is 0 Å². The molecule has 2 nitrogen and oxygen atoms in total. The summed E-state index contributed by atoms with van der Waals surface area (Å²) in [6.45, 7) is 9.42. The van der Waals surface area contributed by atoms with Crippen molar-refractivity contribution in [3.8, 4) is 0 Å². The van der Waals surface area contributed by atoms with Gasteiger partial charge < -0.3 is 10.0 Å². The highest BCUT2D eigenvalue weighted by atomic mass is 16.3. The Morgan fingerprint density at radius 3 is 2.00 bits per heavy atom. The maximum atomic E-state index is 9.31. The molecule has 0 heterocycles. The van der Waals surface area contributed by atoms with Crippen molar-refractivity contribution in [2.75, 3.05) is 13.6 Å². The zero-order chi connectivity index (χ0) is 9.72. The number of aliphatic hydroxyl groups excluding tert-OH is 1. The second-order valence-electron chi connectivity index (χ2n) is 4.14. The monoisotopic (exact) mass is 173 g/mol. The Bertz CT molecular complexity index is 112. The molecular weight excluding hydrogens is 150 g/mol. The van der Waals surface area contributed by atoms with Crippen molar-refractivity contribution in [1.29, 1.82) is 0 Å². The minimum absolute atomic E-state index is 0.234. The first-order valence-corrected chi connectivity index (χ1v) is 4.83. The van der Waals surface area contributed by atoms with E-state index in [2.05, 4.69) is 32.7 Å². The van der Waals surface area contributed by atoms with E-state index < -0.39 is 0 Å².